The summed E-state index contributed by atoms with van der Waals surface area (Å²) in [6.07, 6.45) is 3.72. The second kappa shape index (κ2) is 6.65. The van der Waals surface area contributed by atoms with E-state index in [-0.39, 0.29) is 17.0 Å². The molecule has 3 rings (SSSR count). The summed E-state index contributed by atoms with van der Waals surface area (Å²) in [5.74, 6) is 0. The highest BCUT2D eigenvalue weighted by Gasteiger charge is 2.21. The molecule has 1 atom stereocenters. The van der Waals surface area contributed by atoms with Crippen molar-refractivity contribution in [2.45, 2.75) is 30.2 Å². The lowest BCUT2D eigenvalue weighted by molar-refractivity contribution is 0.247. The van der Waals surface area contributed by atoms with E-state index in [0.29, 0.717) is 5.69 Å². The van der Waals surface area contributed by atoms with Gasteiger partial charge in [0, 0.05) is 12.3 Å². The van der Waals surface area contributed by atoms with Gasteiger partial charge in [-0.05, 0) is 42.5 Å². The fourth-order valence-electron chi connectivity index (χ4n) is 3.06. The third-order valence-electron chi connectivity index (χ3n) is 4.22. The lowest BCUT2D eigenvalue weighted by Crippen LogP contribution is -2.41. The average Bonchev–Trinajstić information content (AvgIpc) is 2.54. The Hall–Kier alpha value is -2.34. The summed E-state index contributed by atoms with van der Waals surface area (Å²) < 4.78 is 23.6. The van der Waals surface area contributed by atoms with E-state index in [1.165, 1.54) is 17.2 Å². The summed E-state index contributed by atoms with van der Waals surface area (Å²) >= 11 is 0. The molecule has 2 amide bonds. The molecule has 6 heteroatoms. The smallest absolute Gasteiger partial charge is 0.319 e. The van der Waals surface area contributed by atoms with E-state index in [0.717, 1.165) is 25.5 Å². The van der Waals surface area contributed by atoms with Crippen molar-refractivity contribution in [2.24, 2.45) is 0 Å². The number of nitrogens with one attached hydrogen (secondary N) is 2. The van der Waals surface area contributed by atoms with Crippen molar-refractivity contribution >= 4 is 21.6 Å². The Labute approximate surface area is 142 Å². The van der Waals surface area contributed by atoms with E-state index in [4.69, 9.17) is 0 Å². The molecule has 0 heterocycles. The Morgan fingerprint density at radius 3 is 2.46 bits per heavy atom. The number of sulfone groups is 1. The van der Waals surface area contributed by atoms with Crippen LogP contribution in [0.3, 0.4) is 0 Å². The number of fused-ring (bicyclic) bond motifs is 1. The van der Waals surface area contributed by atoms with Crippen LogP contribution in [0, 0.1) is 0 Å². The highest BCUT2D eigenvalue weighted by Crippen LogP contribution is 2.22. The van der Waals surface area contributed by atoms with Gasteiger partial charge in [0.15, 0.2) is 9.84 Å². The molecule has 0 saturated heterocycles. The number of para-hydroxylation sites is 1. The average molecular weight is 344 g/mol. The summed E-state index contributed by atoms with van der Waals surface area (Å²) in [4.78, 5) is 12.4. The molecule has 0 radical (unpaired) electrons. The fourth-order valence-corrected chi connectivity index (χ4v) is 3.90. The molecule has 0 aromatic heterocycles. The number of hydrogen-bond donors (Lipinski definition) is 2. The van der Waals surface area contributed by atoms with Gasteiger partial charge < -0.3 is 10.6 Å². The number of benzene rings is 2. The number of hydrogen-bond acceptors (Lipinski definition) is 3. The van der Waals surface area contributed by atoms with Crippen LogP contribution in [-0.4, -0.2) is 26.7 Å². The normalized spacial score (nSPS) is 17.0. The molecule has 2 aromatic rings. The number of urea groups is 1. The van der Waals surface area contributed by atoms with Gasteiger partial charge in [0.25, 0.3) is 0 Å². The molecular weight excluding hydrogens is 324 g/mol. The molecule has 5 nitrogen and oxygen atoms in total. The molecule has 24 heavy (non-hydrogen) atoms. The maximum Gasteiger partial charge on any atom is 0.319 e. The highest BCUT2D eigenvalue weighted by molar-refractivity contribution is 7.90. The first-order valence-corrected chi connectivity index (χ1v) is 9.76. The monoisotopic (exact) mass is 344 g/mol. The minimum atomic E-state index is -3.39. The Morgan fingerprint density at radius 1 is 1.04 bits per heavy atom. The van der Waals surface area contributed by atoms with Gasteiger partial charge in [0.05, 0.1) is 10.6 Å². The van der Waals surface area contributed by atoms with E-state index in [1.54, 1.807) is 18.2 Å². The molecule has 2 aromatic carbocycles. The molecule has 1 aliphatic carbocycles. The van der Waals surface area contributed by atoms with Crippen LogP contribution in [0.4, 0.5) is 10.5 Å². The van der Waals surface area contributed by atoms with Crippen molar-refractivity contribution in [3.05, 3.63) is 59.7 Å². The third-order valence-corrected chi connectivity index (χ3v) is 5.37. The van der Waals surface area contributed by atoms with E-state index in [1.807, 2.05) is 12.1 Å². The molecule has 0 spiro atoms. The van der Waals surface area contributed by atoms with Gasteiger partial charge in [-0.25, -0.2) is 13.2 Å². The SMILES string of the molecule is CS(=O)(=O)c1ccccc1NC(=O)N[C@H]1CCc2ccccc2C1. The van der Waals surface area contributed by atoms with Crippen LogP contribution in [0.15, 0.2) is 53.4 Å². The first-order chi connectivity index (χ1) is 11.4. The Morgan fingerprint density at radius 2 is 1.71 bits per heavy atom. The number of carbonyl (C=O) groups is 1. The first kappa shape index (κ1) is 16.5. The third kappa shape index (κ3) is 3.76. The van der Waals surface area contributed by atoms with E-state index in [2.05, 4.69) is 22.8 Å². The van der Waals surface area contributed by atoms with Gasteiger partial charge in [0.2, 0.25) is 0 Å². The maximum absolute atomic E-state index is 12.3. The number of aryl methyl sites for hydroxylation is 1. The van der Waals surface area contributed by atoms with E-state index >= 15 is 0 Å². The minimum absolute atomic E-state index is 0.0466. The van der Waals surface area contributed by atoms with Crippen LogP contribution < -0.4 is 10.6 Å². The molecular formula is C18H20N2O3S. The second-order valence-corrected chi connectivity index (χ2v) is 8.06. The van der Waals surface area contributed by atoms with Crippen molar-refractivity contribution in [1.29, 1.82) is 0 Å². The van der Waals surface area contributed by atoms with Crippen molar-refractivity contribution in [1.82, 2.24) is 5.32 Å². The second-order valence-electron chi connectivity index (χ2n) is 6.08. The summed E-state index contributed by atoms with van der Waals surface area (Å²) in [5.41, 5.74) is 2.89. The van der Waals surface area contributed by atoms with Crippen molar-refractivity contribution < 1.29 is 13.2 Å². The summed E-state index contributed by atoms with van der Waals surface area (Å²) in [7, 11) is -3.39. The van der Waals surface area contributed by atoms with E-state index in [9.17, 15) is 13.2 Å². The topological polar surface area (TPSA) is 75.3 Å². The Balaban J connectivity index is 1.68. The molecule has 126 valence electrons. The molecule has 2 N–H and O–H groups in total. The van der Waals surface area contributed by atoms with Gasteiger partial charge in [-0.3, -0.25) is 0 Å². The lowest BCUT2D eigenvalue weighted by atomic mass is 9.88. The number of carbonyl (C=O) groups excluding carboxylic acids is 1. The number of anilines is 1. The quantitative estimate of drug-likeness (QED) is 0.899. The molecule has 0 unspecified atom stereocenters. The van der Waals surface area contributed by atoms with Crippen molar-refractivity contribution in [3.8, 4) is 0 Å². The largest absolute Gasteiger partial charge is 0.335 e. The standard InChI is InChI=1S/C18H20N2O3S/c1-24(22,23)17-9-5-4-8-16(17)20-18(21)19-15-11-10-13-6-2-3-7-14(13)12-15/h2-9,15H,10-12H2,1H3,(H2,19,20,21)/t15-/m0/s1. The minimum Gasteiger partial charge on any atom is -0.335 e. The predicted octanol–water partition coefficient (Wildman–Crippen LogP) is 2.77. The zero-order chi connectivity index (χ0) is 17.2. The fraction of sp³-hybridized carbons (Fsp3) is 0.278. The first-order valence-electron chi connectivity index (χ1n) is 7.87. The number of amides is 2. The van der Waals surface area contributed by atoms with Crippen LogP contribution in [0.25, 0.3) is 0 Å². The van der Waals surface area contributed by atoms with Gasteiger partial charge in [-0.1, -0.05) is 36.4 Å². The zero-order valence-corrected chi connectivity index (χ0v) is 14.3. The van der Waals surface area contributed by atoms with Crippen molar-refractivity contribution in [2.75, 3.05) is 11.6 Å². The summed E-state index contributed by atoms with van der Waals surface area (Å²) in [5, 5.41) is 5.60. The highest BCUT2D eigenvalue weighted by atomic mass is 32.2. The van der Waals surface area contributed by atoms with Crippen LogP contribution in [0.5, 0.6) is 0 Å². The Kier molecular flexibility index (Phi) is 4.57. The van der Waals surface area contributed by atoms with Gasteiger partial charge in [-0.2, -0.15) is 0 Å². The van der Waals surface area contributed by atoms with Gasteiger partial charge >= 0.3 is 6.03 Å². The van der Waals surface area contributed by atoms with E-state index < -0.39 is 9.84 Å². The molecule has 0 bridgehead atoms. The molecule has 0 fully saturated rings. The van der Waals surface area contributed by atoms with Crippen LogP contribution in [0.2, 0.25) is 0 Å². The zero-order valence-electron chi connectivity index (χ0n) is 13.5. The van der Waals surface area contributed by atoms with Crippen LogP contribution in [0.1, 0.15) is 17.5 Å². The predicted molar refractivity (Wildman–Crippen MR) is 94.0 cm³/mol. The van der Waals surface area contributed by atoms with Crippen LogP contribution >= 0.6 is 0 Å². The summed E-state index contributed by atoms with van der Waals surface area (Å²) in [6.45, 7) is 0. The van der Waals surface area contributed by atoms with Crippen LogP contribution in [-0.2, 0) is 22.7 Å². The lowest BCUT2D eigenvalue weighted by Gasteiger charge is -2.25. The van der Waals surface area contributed by atoms with Gasteiger partial charge in [-0.15, -0.1) is 0 Å². The Bertz CT molecular complexity index is 862. The molecule has 0 aliphatic heterocycles. The summed E-state index contributed by atoms with van der Waals surface area (Å²) in [6, 6.07) is 14.3. The van der Waals surface area contributed by atoms with Crippen molar-refractivity contribution in [3.63, 3.8) is 0 Å². The molecule has 0 saturated carbocycles. The number of rotatable bonds is 3. The molecule has 1 aliphatic rings. The van der Waals surface area contributed by atoms with Gasteiger partial charge in [0.1, 0.15) is 0 Å². The maximum atomic E-state index is 12.3.